The maximum absolute atomic E-state index is 10.3. The molecule has 1 saturated heterocycles. The summed E-state index contributed by atoms with van der Waals surface area (Å²) in [5.74, 6) is 0. The van der Waals surface area contributed by atoms with Gasteiger partial charge < -0.3 is 5.11 Å². The van der Waals surface area contributed by atoms with Gasteiger partial charge in [0.05, 0.1) is 23.9 Å². The van der Waals surface area contributed by atoms with Crippen molar-refractivity contribution in [1.29, 1.82) is 0 Å². The van der Waals surface area contributed by atoms with Gasteiger partial charge in [0.15, 0.2) is 0 Å². The number of piperidine rings is 1. The van der Waals surface area contributed by atoms with Gasteiger partial charge in [0.2, 0.25) is 0 Å². The first-order valence-corrected chi connectivity index (χ1v) is 10.0. The van der Waals surface area contributed by atoms with Gasteiger partial charge in [-0.15, -0.1) is 0 Å². The summed E-state index contributed by atoms with van der Waals surface area (Å²) in [6.45, 7) is 5.57. The van der Waals surface area contributed by atoms with E-state index in [1.807, 2.05) is 6.07 Å². The first-order chi connectivity index (χ1) is 13.2. The van der Waals surface area contributed by atoms with Crippen LogP contribution < -0.4 is 0 Å². The molecule has 0 amide bonds. The SMILES string of the molecule is Cc1cc2cccc([C@H](CO)N3CCCC[C@H]3C)c2nc1-c1ccccc1. The Hall–Kier alpha value is -2.23. The second-order valence-corrected chi connectivity index (χ2v) is 7.72. The van der Waals surface area contributed by atoms with Crippen molar-refractivity contribution in [3.05, 3.63) is 65.7 Å². The van der Waals surface area contributed by atoms with Crippen LogP contribution in [0.15, 0.2) is 54.6 Å². The van der Waals surface area contributed by atoms with E-state index in [0.29, 0.717) is 6.04 Å². The smallest absolute Gasteiger partial charge is 0.0758 e. The number of fused-ring (bicyclic) bond motifs is 1. The van der Waals surface area contributed by atoms with Crippen molar-refractivity contribution >= 4 is 10.9 Å². The molecule has 0 aliphatic carbocycles. The summed E-state index contributed by atoms with van der Waals surface area (Å²) in [4.78, 5) is 7.56. The second kappa shape index (κ2) is 7.79. The minimum absolute atomic E-state index is 0.00262. The van der Waals surface area contributed by atoms with Crippen molar-refractivity contribution in [3.8, 4) is 11.3 Å². The lowest BCUT2D eigenvalue weighted by atomic mass is 9.95. The molecule has 0 saturated carbocycles. The van der Waals surface area contributed by atoms with E-state index in [1.54, 1.807) is 0 Å². The van der Waals surface area contributed by atoms with Gasteiger partial charge in [-0.3, -0.25) is 4.90 Å². The summed E-state index contributed by atoms with van der Waals surface area (Å²) < 4.78 is 0. The lowest BCUT2D eigenvalue weighted by Crippen LogP contribution is -2.41. The molecule has 0 spiro atoms. The van der Waals surface area contributed by atoms with Crippen molar-refractivity contribution in [2.24, 2.45) is 0 Å². The number of nitrogens with zero attached hydrogens (tertiary/aromatic N) is 2. The minimum atomic E-state index is 0.00262. The van der Waals surface area contributed by atoms with E-state index < -0.39 is 0 Å². The van der Waals surface area contributed by atoms with Gasteiger partial charge >= 0.3 is 0 Å². The molecule has 0 unspecified atom stereocenters. The summed E-state index contributed by atoms with van der Waals surface area (Å²) in [7, 11) is 0. The van der Waals surface area contributed by atoms with Crippen molar-refractivity contribution in [1.82, 2.24) is 9.88 Å². The fourth-order valence-corrected chi connectivity index (χ4v) is 4.45. The van der Waals surface area contributed by atoms with Gasteiger partial charge in [-0.1, -0.05) is 55.0 Å². The molecule has 2 atom stereocenters. The van der Waals surface area contributed by atoms with Crippen LogP contribution in [0.4, 0.5) is 0 Å². The molecule has 140 valence electrons. The molecule has 1 aromatic heterocycles. The minimum Gasteiger partial charge on any atom is -0.394 e. The van der Waals surface area contributed by atoms with E-state index in [9.17, 15) is 5.11 Å². The van der Waals surface area contributed by atoms with Crippen molar-refractivity contribution in [2.45, 2.75) is 45.2 Å². The van der Waals surface area contributed by atoms with Crippen molar-refractivity contribution < 1.29 is 5.11 Å². The zero-order valence-corrected chi connectivity index (χ0v) is 16.2. The van der Waals surface area contributed by atoms with Crippen LogP contribution in [0.25, 0.3) is 22.2 Å². The Labute approximate surface area is 161 Å². The van der Waals surface area contributed by atoms with Gasteiger partial charge in [-0.2, -0.15) is 0 Å². The maximum atomic E-state index is 10.3. The second-order valence-electron chi connectivity index (χ2n) is 7.72. The molecule has 4 rings (SSSR count). The van der Waals surface area contributed by atoms with Crippen LogP contribution in [0.1, 0.15) is 43.4 Å². The summed E-state index contributed by atoms with van der Waals surface area (Å²) in [6.07, 6.45) is 3.68. The summed E-state index contributed by atoms with van der Waals surface area (Å²) in [5, 5.41) is 11.4. The fraction of sp³-hybridized carbons (Fsp3) is 0.375. The zero-order valence-electron chi connectivity index (χ0n) is 16.2. The lowest BCUT2D eigenvalue weighted by Gasteiger charge is -2.39. The molecule has 1 N–H and O–H groups in total. The van der Waals surface area contributed by atoms with E-state index in [1.165, 1.54) is 24.8 Å². The van der Waals surface area contributed by atoms with Crippen LogP contribution in [0.3, 0.4) is 0 Å². The van der Waals surface area contributed by atoms with Crippen LogP contribution in [-0.2, 0) is 0 Å². The summed E-state index contributed by atoms with van der Waals surface area (Å²) in [5.41, 5.74) is 5.50. The Kier molecular flexibility index (Phi) is 5.24. The Morgan fingerprint density at radius 1 is 1.11 bits per heavy atom. The molecule has 2 heterocycles. The predicted molar refractivity (Wildman–Crippen MR) is 112 cm³/mol. The number of aliphatic hydroxyl groups excluding tert-OH is 1. The highest BCUT2D eigenvalue weighted by Crippen LogP contribution is 2.34. The molecular weight excluding hydrogens is 332 g/mol. The molecule has 3 aromatic rings. The molecule has 1 fully saturated rings. The monoisotopic (exact) mass is 360 g/mol. The quantitative estimate of drug-likeness (QED) is 0.702. The van der Waals surface area contributed by atoms with E-state index >= 15 is 0 Å². The number of hydrogen-bond acceptors (Lipinski definition) is 3. The van der Waals surface area contributed by atoms with Crippen LogP contribution >= 0.6 is 0 Å². The van der Waals surface area contributed by atoms with Crippen LogP contribution in [-0.4, -0.2) is 34.2 Å². The van der Waals surface area contributed by atoms with Gasteiger partial charge in [0.1, 0.15) is 0 Å². The molecule has 2 aromatic carbocycles. The van der Waals surface area contributed by atoms with Crippen molar-refractivity contribution in [3.63, 3.8) is 0 Å². The molecule has 1 aliphatic heterocycles. The van der Waals surface area contributed by atoms with E-state index in [0.717, 1.165) is 34.3 Å². The number of likely N-dealkylation sites (tertiary alicyclic amines) is 1. The van der Waals surface area contributed by atoms with Crippen LogP contribution in [0, 0.1) is 6.92 Å². The number of pyridine rings is 1. The zero-order chi connectivity index (χ0) is 18.8. The molecule has 3 nitrogen and oxygen atoms in total. The number of aromatic nitrogens is 1. The van der Waals surface area contributed by atoms with Crippen LogP contribution in [0.5, 0.6) is 0 Å². The maximum Gasteiger partial charge on any atom is 0.0758 e. The fourth-order valence-electron chi connectivity index (χ4n) is 4.45. The number of benzene rings is 2. The normalized spacial score (nSPS) is 19.3. The standard InChI is InChI=1S/C24H28N2O/c1-17-15-20-12-8-13-21(22(16-27)26-14-7-6-9-18(26)2)24(20)25-23(17)19-10-4-3-5-11-19/h3-5,8,10-13,15,18,22,27H,6-7,9,14,16H2,1-2H3/t18-,22+/m1/s1. The highest BCUT2D eigenvalue weighted by molar-refractivity contribution is 5.86. The third-order valence-electron chi connectivity index (χ3n) is 5.90. The van der Waals surface area contributed by atoms with Gasteiger partial charge in [0.25, 0.3) is 0 Å². The number of rotatable bonds is 4. The first-order valence-electron chi connectivity index (χ1n) is 10.0. The number of aliphatic hydroxyl groups is 1. The molecule has 1 aliphatic rings. The molecule has 3 heteroatoms. The third kappa shape index (κ3) is 3.50. The summed E-state index contributed by atoms with van der Waals surface area (Å²) in [6, 6.07) is 19.4. The average Bonchev–Trinajstić information content (AvgIpc) is 2.70. The molecule has 0 radical (unpaired) electrons. The Morgan fingerprint density at radius 2 is 1.93 bits per heavy atom. The number of para-hydroxylation sites is 1. The summed E-state index contributed by atoms with van der Waals surface area (Å²) >= 11 is 0. The lowest BCUT2D eigenvalue weighted by molar-refractivity contribution is 0.0650. The Morgan fingerprint density at radius 3 is 2.67 bits per heavy atom. The Bertz CT molecular complexity index is 922. The van der Waals surface area contributed by atoms with Gasteiger partial charge in [-0.05, 0) is 50.4 Å². The van der Waals surface area contributed by atoms with Gasteiger partial charge in [-0.25, -0.2) is 4.98 Å². The molecular formula is C24H28N2O. The number of hydrogen-bond donors (Lipinski definition) is 1. The van der Waals surface area contributed by atoms with Crippen molar-refractivity contribution in [2.75, 3.05) is 13.2 Å². The average molecular weight is 361 g/mol. The highest BCUT2D eigenvalue weighted by Gasteiger charge is 2.28. The Balaban J connectivity index is 1.85. The predicted octanol–water partition coefficient (Wildman–Crippen LogP) is 5.12. The third-order valence-corrected chi connectivity index (χ3v) is 5.90. The first kappa shape index (κ1) is 18.1. The largest absolute Gasteiger partial charge is 0.394 e. The van der Waals surface area contributed by atoms with E-state index in [2.05, 4.69) is 67.3 Å². The van der Waals surface area contributed by atoms with Crippen LogP contribution in [0.2, 0.25) is 0 Å². The highest BCUT2D eigenvalue weighted by atomic mass is 16.3. The van der Waals surface area contributed by atoms with Gasteiger partial charge in [0, 0.05) is 17.0 Å². The molecule has 27 heavy (non-hydrogen) atoms. The molecule has 0 bridgehead atoms. The topological polar surface area (TPSA) is 36.4 Å². The van der Waals surface area contributed by atoms with E-state index in [4.69, 9.17) is 4.98 Å². The number of aryl methyl sites for hydroxylation is 1. The van der Waals surface area contributed by atoms with E-state index in [-0.39, 0.29) is 12.6 Å².